The molecule has 0 saturated carbocycles. The Bertz CT molecular complexity index is 915. The van der Waals surface area contributed by atoms with Gasteiger partial charge < -0.3 is 15.1 Å². The highest BCUT2D eigenvalue weighted by Gasteiger charge is 2.22. The average Bonchev–Trinajstić information content (AvgIpc) is 3.29. The van der Waals surface area contributed by atoms with Crippen molar-refractivity contribution in [3.63, 3.8) is 0 Å². The fourth-order valence-corrected chi connectivity index (χ4v) is 2.74. The van der Waals surface area contributed by atoms with Crippen LogP contribution >= 0.6 is 31.9 Å². The van der Waals surface area contributed by atoms with Crippen LogP contribution in [-0.2, 0) is 13.6 Å². The van der Waals surface area contributed by atoms with Gasteiger partial charge in [-0.3, -0.25) is 19.4 Å². The van der Waals surface area contributed by atoms with Crippen molar-refractivity contribution in [2.24, 2.45) is 7.05 Å². The fourth-order valence-electron chi connectivity index (χ4n) is 2.10. The third-order valence-electron chi connectivity index (χ3n) is 3.29. The molecule has 0 fully saturated rings. The fraction of sp³-hybridized carbons (Fsp3) is 0.143. The van der Waals surface area contributed by atoms with Crippen LogP contribution < -0.4 is 10.6 Å². The Morgan fingerprint density at radius 2 is 2.16 bits per heavy atom. The van der Waals surface area contributed by atoms with Crippen LogP contribution in [0.15, 0.2) is 38.1 Å². The molecule has 3 N–H and O–H groups in total. The normalized spacial score (nSPS) is 10.7. The van der Waals surface area contributed by atoms with Gasteiger partial charge in [0, 0.05) is 7.05 Å². The van der Waals surface area contributed by atoms with Crippen LogP contribution in [0.5, 0.6) is 0 Å². The highest BCUT2D eigenvalue weighted by molar-refractivity contribution is 9.13. The summed E-state index contributed by atoms with van der Waals surface area (Å²) in [5, 5.41) is 15.9. The van der Waals surface area contributed by atoms with E-state index in [9.17, 15) is 9.59 Å². The zero-order chi connectivity index (χ0) is 18.0. The molecular formula is C14H12Br2N6O3. The van der Waals surface area contributed by atoms with E-state index in [1.807, 2.05) is 0 Å². The van der Waals surface area contributed by atoms with Gasteiger partial charge in [-0.1, -0.05) is 0 Å². The summed E-state index contributed by atoms with van der Waals surface area (Å²) in [5.74, 6) is -0.262. The average molecular weight is 472 g/mol. The van der Waals surface area contributed by atoms with Crippen LogP contribution in [0.3, 0.4) is 0 Å². The molecule has 0 aliphatic heterocycles. The number of anilines is 1. The molecule has 9 nitrogen and oxygen atoms in total. The Balaban J connectivity index is 1.75. The summed E-state index contributed by atoms with van der Waals surface area (Å²) in [4.78, 5) is 24.8. The second-order valence-electron chi connectivity index (χ2n) is 4.95. The number of nitrogens with one attached hydrogen (secondary N) is 3. The Labute approximate surface area is 158 Å². The molecular weight excluding hydrogens is 460 g/mol. The van der Waals surface area contributed by atoms with Crippen molar-refractivity contribution in [2.45, 2.75) is 6.54 Å². The van der Waals surface area contributed by atoms with Gasteiger partial charge in [-0.05, 0) is 44.0 Å². The van der Waals surface area contributed by atoms with E-state index in [1.165, 1.54) is 17.1 Å². The third kappa shape index (κ3) is 3.66. The van der Waals surface area contributed by atoms with Crippen molar-refractivity contribution in [1.29, 1.82) is 0 Å². The van der Waals surface area contributed by atoms with Crippen LogP contribution in [0.25, 0.3) is 0 Å². The number of aryl methyl sites for hydroxylation is 1. The number of hydrogen-bond acceptors (Lipinski definition) is 5. The molecule has 0 unspecified atom stereocenters. The Morgan fingerprint density at radius 3 is 2.80 bits per heavy atom. The molecule has 25 heavy (non-hydrogen) atoms. The first-order chi connectivity index (χ1) is 12.0. The SMILES string of the molecule is Cn1ncc(NC(=O)c2n[nH]c(Br)c2Br)c1C(=O)NCc1ccco1. The van der Waals surface area contributed by atoms with Crippen LogP contribution in [0.4, 0.5) is 5.69 Å². The first-order valence-electron chi connectivity index (χ1n) is 7.00. The zero-order valence-corrected chi connectivity index (χ0v) is 16.0. The minimum atomic E-state index is -0.484. The second kappa shape index (κ2) is 7.23. The molecule has 0 radical (unpaired) electrons. The molecule has 3 aromatic rings. The lowest BCUT2D eigenvalue weighted by atomic mass is 10.3. The first kappa shape index (κ1) is 17.4. The van der Waals surface area contributed by atoms with E-state index >= 15 is 0 Å². The van der Waals surface area contributed by atoms with E-state index in [0.717, 1.165) is 0 Å². The number of aromatic nitrogens is 4. The van der Waals surface area contributed by atoms with Crippen molar-refractivity contribution >= 4 is 49.4 Å². The summed E-state index contributed by atoms with van der Waals surface area (Å²) in [6.45, 7) is 0.224. The summed E-state index contributed by atoms with van der Waals surface area (Å²) in [6, 6.07) is 3.48. The molecule has 3 aromatic heterocycles. The van der Waals surface area contributed by atoms with Crippen molar-refractivity contribution in [2.75, 3.05) is 5.32 Å². The Kier molecular flexibility index (Phi) is 5.04. The Hall–Kier alpha value is -2.40. The van der Waals surface area contributed by atoms with Crippen molar-refractivity contribution in [1.82, 2.24) is 25.3 Å². The number of halogens is 2. The number of H-pyrrole nitrogens is 1. The van der Waals surface area contributed by atoms with Gasteiger partial charge in [-0.2, -0.15) is 10.2 Å². The lowest BCUT2D eigenvalue weighted by Gasteiger charge is -2.07. The topological polar surface area (TPSA) is 118 Å². The smallest absolute Gasteiger partial charge is 0.277 e. The van der Waals surface area contributed by atoms with E-state index in [1.54, 1.807) is 19.2 Å². The van der Waals surface area contributed by atoms with Gasteiger partial charge in [0.05, 0.1) is 29.2 Å². The molecule has 2 amide bonds. The molecule has 0 aromatic carbocycles. The highest BCUT2D eigenvalue weighted by Crippen LogP contribution is 2.25. The second-order valence-corrected chi connectivity index (χ2v) is 6.53. The van der Waals surface area contributed by atoms with E-state index in [2.05, 4.69) is 57.8 Å². The number of carbonyl (C=O) groups excluding carboxylic acids is 2. The maximum Gasteiger partial charge on any atom is 0.277 e. The zero-order valence-electron chi connectivity index (χ0n) is 12.8. The minimum Gasteiger partial charge on any atom is -0.467 e. The monoisotopic (exact) mass is 470 g/mol. The molecule has 0 spiro atoms. The van der Waals surface area contributed by atoms with Gasteiger partial charge >= 0.3 is 0 Å². The van der Waals surface area contributed by atoms with Crippen LogP contribution in [0, 0.1) is 0 Å². The van der Waals surface area contributed by atoms with Gasteiger partial charge in [-0.25, -0.2) is 0 Å². The van der Waals surface area contributed by atoms with Crippen LogP contribution in [0.1, 0.15) is 26.7 Å². The summed E-state index contributed by atoms with van der Waals surface area (Å²) in [5.41, 5.74) is 0.638. The van der Waals surface area contributed by atoms with E-state index in [-0.39, 0.29) is 23.6 Å². The van der Waals surface area contributed by atoms with E-state index < -0.39 is 11.8 Å². The highest BCUT2D eigenvalue weighted by atomic mass is 79.9. The molecule has 130 valence electrons. The lowest BCUT2D eigenvalue weighted by Crippen LogP contribution is -2.26. The van der Waals surface area contributed by atoms with Gasteiger partial charge in [-0.15, -0.1) is 0 Å². The van der Waals surface area contributed by atoms with Gasteiger partial charge in [0.25, 0.3) is 11.8 Å². The standard InChI is InChI=1S/C14H12Br2N6O3/c1-22-11(14(24)17-5-7-3-2-4-25-7)8(6-18-22)19-13(23)10-9(15)12(16)21-20-10/h2-4,6H,5H2,1H3,(H,17,24)(H,19,23)(H,20,21). The quantitative estimate of drug-likeness (QED) is 0.528. The number of carbonyl (C=O) groups is 2. The maximum atomic E-state index is 12.4. The lowest BCUT2D eigenvalue weighted by molar-refractivity contribution is 0.0939. The molecule has 3 rings (SSSR count). The predicted octanol–water partition coefficient (Wildman–Crippen LogP) is 2.44. The molecule has 0 atom stereocenters. The third-order valence-corrected chi connectivity index (χ3v) is 5.16. The van der Waals surface area contributed by atoms with Gasteiger partial charge in [0.2, 0.25) is 0 Å². The number of furan rings is 1. The Morgan fingerprint density at radius 1 is 1.36 bits per heavy atom. The molecule has 0 bridgehead atoms. The minimum absolute atomic E-state index is 0.151. The molecule has 11 heteroatoms. The van der Waals surface area contributed by atoms with Crippen LogP contribution in [-0.4, -0.2) is 31.8 Å². The van der Waals surface area contributed by atoms with Crippen molar-refractivity contribution < 1.29 is 14.0 Å². The number of nitrogens with zero attached hydrogens (tertiary/aromatic N) is 3. The van der Waals surface area contributed by atoms with E-state index in [4.69, 9.17) is 4.42 Å². The number of rotatable bonds is 5. The van der Waals surface area contributed by atoms with Crippen molar-refractivity contribution in [3.05, 3.63) is 50.8 Å². The number of aromatic amines is 1. The number of amides is 2. The predicted molar refractivity (Wildman–Crippen MR) is 95.0 cm³/mol. The number of hydrogen-bond donors (Lipinski definition) is 3. The maximum absolute atomic E-state index is 12.4. The van der Waals surface area contributed by atoms with Crippen molar-refractivity contribution in [3.8, 4) is 0 Å². The molecule has 0 saturated heterocycles. The summed E-state index contributed by atoms with van der Waals surface area (Å²) in [7, 11) is 1.61. The summed E-state index contributed by atoms with van der Waals surface area (Å²) >= 11 is 6.47. The first-order valence-corrected chi connectivity index (χ1v) is 8.59. The van der Waals surface area contributed by atoms with Crippen LogP contribution in [0.2, 0.25) is 0 Å². The summed E-state index contributed by atoms with van der Waals surface area (Å²) in [6.07, 6.45) is 2.92. The molecule has 3 heterocycles. The largest absolute Gasteiger partial charge is 0.467 e. The van der Waals surface area contributed by atoms with Gasteiger partial charge in [0.15, 0.2) is 5.69 Å². The van der Waals surface area contributed by atoms with Gasteiger partial charge in [0.1, 0.15) is 16.1 Å². The molecule has 0 aliphatic rings. The summed E-state index contributed by atoms with van der Waals surface area (Å²) < 4.78 is 7.57. The van der Waals surface area contributed by atoms with E-state index in [0.29, 0.717) is 14.8 Å². The molecule has 0 aliphatic carbocycles.